The number of aromatic nitrogens is 1. The second-order valence-electron chi connectivity index (χ2n) is 5.57. The third kappa shape index (κ3) is 3.71. The number of sulfonamides is 1. The van der Waals surface area contributed by atoms with Crippen LogP contribution in [0, 0.1) is 0 Å². The van der Waals surface area contributed by atoms with Crippen LogP contribution in [0.25, 0.3) is 10.8 Å². The summed E-state index contributed by atoms with van der Waals surface area (Å²) < 4.78 is 28.2. The van der Waals surface area contributed by atoms with E-state index >= 15 is 0 Å². The van der Waals surface area contributed by atoms with Gasteiger partial charge in [0.1, 0.15) is 0 Å². The SMILES string of the molecule is CN(CC(=O)N=c1sccn1C)S(=O)(=O)c1ccc2ccccc2c1. The molecule has 0 N–H and O–H groups in total. The fourth-order valence-corrected chi connectivity index (χ4v) is 4.26. The van der Waals surface area contributed by atoms with Gasteiger partial charge in [-0.25, -0.2) is 8.42 Å². The second-order valence-corrected chi connectivity index (χ2v) is 8.49. The molecule has 0 aliphatic heterocycles. The molecule has 0 atom stereocenters. The minimum absolute atomic E-state index is 0.156. The Hall–Kier alpha value is -2.29. The van der Waals surface area contributed by atoms with E-state index in [-0.39, 0.29) is 11.4 Å². The Kier molecular flexibility index (Phi) is 4.85. The lowest BCUT2D eigenvalue weighted by atomic mass is 10.1. The molecule has 25 heavy (non-hydrogen) atoms. The predicted molar refractivity (Wildman–Crippen MR) is 97.6 cm³/mol. The molecule has 0 aliphatic carbocycles. The van der Waals surface area contributed by atoms with Gasteiger partial charge in [-0.1, -0.05) is 30.3 Å². The molecule has 3 aromatic rings. The number of carbonyl (C=O) groups excluding carboxylic acids is 1. The summed E-state index contributed by atoms with van der Waals surface area (Å²) in [7, 11) is -0.608. The Labute approximate surface area is 149 Å². The molecule has 0 spiro atoms. The lowest BCUT2D eigenvalue weighted by Gasteiger charge is -2.15. The summed E-state index contributed by atoms with van der Waals surface area (Å²) in [5.41, 5.74) is 0. The minimum Gasteiger partial charge on any atom is -0.327 e. The highest BCUT2D eigenvalue weighted by atomic mass is 32.2. The first-order valence-electron chi connectivity index (χ1n) is 7.51. The van der Waals surface area contributed by atoms with Crippen LogP contribution in [0.4, 0.5) is 0 Å². The average Bonchev–Trinajstić information content (AvgIpc) is 2.99. The highest BCUT2D eigenvalue weighted by molar-refractivity contribution is 7.89. The Morgan fingerprint density at radius 3 is 2.60 bits per heavy atom. The fraction of sp³-hybridized carbons (Fsp3) is 0.176. The van der Waals surface area contributed by atoms with Crippen molar-refractivity contribution in [2.24, 2.45) is 12.0 Å². The van der Waals surface area contributed by atoms with Crippen LogP contribution in [0.3, 0.4) is 0 Å². The number of hydrogen-bond acceptors (Lipinski definition) is 4. The number of hydrogen-bond donors (Lipinski definition) is 0. The highest BCUT2D eigenvalue weighted by Gasteiger charge is 2.23. The van der Waals surface area contributed by atoms with Crippen molar-refractivity contribution in [3.8, 4) is 0 Å². The van der Waals surface area contributed by atoms with Gasteiger partial charge in [0.2, 0.25) is 10.0 Å². The van der Waals surface area contributed by atoms with E-state index in [0.29, 0.717) is 4.80 Å². The molecular formula is C17H17N3O3S2. The van der Waals surface area contributed by atoms with Crippen LogP contribution in [0.1, 0.15) is 0 Å². The Balaban J connectivity index is 1.85. The second kappa shape index (κ2) is 6.91. The molecule has 1 heterocycles. The lowest BCUT2D eigenvalue weighted by Crippen LogP contribution is -2.32. The van der Waals surface area contributed by atoms with E-state index in [9.17, 15) is 13.2 Å². The van der Waals surface area contributed by atoms with Gasteiger partial charge in [0.05, 0.1) is 11.4 Å². The third-order valence-electron chi connectivity index (χ3n) is 3.77. The number of amides is 1. The standard InChI is InChI=1S/C17H17N3O3S2/c1-19-9-10-24-17(19)18-16(21)12-20(2)25(22,23)15-8-7-13-5-3-4-6-14(13)11-15/h3-11H,12H2,1-2H3. The maximum atomic E-state index is 12.7. The van der Waals surface area contributed by atoms with E-state index in [4.69, 9.17) is 0 Å². The molecule has 0 unspecified atom stereocenters. The van der Waals surface area contributed by atoms with Crippen molar-refractivity contribution in [2.75, 3.05) is 13.6 Å². The topological polar surface area (TPSA) is 71.7 Å². The maximum Gasteiger partial charge on any atom is 0.263 e. The third-order valence-corrected chi connectivity index (χ3v) is 6.41. The molecule has 0 bridgehead atoms. The van der Waals surface area contributed by atoms with Crippen molar-refractivity contribution >= 4 is 38.0 Å². The number of aryl methyl sites for hydroxylation is 1. The number of carbonyl (C=O) groups is 1. The van der Waals surface area contributed by atoms with Crippen molar-refractivity contribution in [2.45, 2.75) is 4.90 Å². The van der Waals surface area contributed by atoms with Gasteiger partial charge in [-0.2, -0.15) is 9.30 Å². The van der Waals surface area contributed by atoms with Crippen LogP contribution < -0.4 is 4.80 Å². The molecule has 0 saturated carbocycles. The van der Waals surface area contributed by atoms with Crippen LogP contribution >= 0.6 is 11.3 Å². The van der Waals surface area contributed by atoms with Crippen LogP contribution in [0.2, 0.25) is 0 Å². The summed E-state index contributed by atoms with van der Waals surface area (Å²) in [6.45, 7) is -0.312. The number of nitrogens with zero attached hydrogens (tertiary/aromatic N) is 3. The van der Waals surface area contributed by atoms with Crippen LogP contribution in [0.5, 0.6) is 0 Å². The van der Waals surface area contributed by atoms with Gasteiger partial charge >= 0.3 is 0 Å². The molecule has 0 aliphatic rings. The van der Waals surface area contributed by atoms with Gasteiger partial charge in [0.25, 0.3) is 5.91 Å². The monoisotopic (exact) mass is 375 g/mol. The largest absolute Gasteiger partial charge is 0.327 e. The molecule has 3 rings (SSSR count). The molecule has 6 nitrogen and oxygen atoms in total. The van der Waals surface area contributed by atoms with Gasteiger partial charge in [-0.3, -0.25) is 4.79 Å². The number of benzene rings is 2. The van der Waals surface area contributed by atoms with Crippen molar-refractivity contribution in [1.29, 1.82) is 0 Å². The fourth-order valence-electron chi connectivity index (χ4n) is 2.36. The Morgan fingerprint density at radius 2 is 1.92 bits per heavy atom. The van der Waals surface area contributed by atoms with E-state index in [1.54, 1.807) is 36.0 Å². The molecule has 2 aromatic carbocycles. The number of thiazole rings is 1. The Morgan fingerprint density at radius 1 is 1.20 bits per heavy atom. The van der Waals surface area contributed by atoms with Crippen molar-refractivity contribution in [3.05, 3.63) is 58.8 Å². The molecule has 130 valence electrons. The summed E-state index contributed by atoms with van der Waals surface area (Å²) in [4.78, 5) is 16.7. The molecule has 1 amide bonds. The predicted octanol–water partition coefficient (Wildman–Crippen LogP) is 1.99. The zero-order valence-electron chi connectivity index (χ0n) is 13.8. The molecule has 0 radical (unpaired) electrons. The van der Waals surface area contributed by atoms with Crippen molar-refractivity contribution in [3.63, 3.8) is 0 Å². The summed E-state index contributed by atoms with van der Waals surface area (Å²) in [6.07, 6.45) is 1.78. The summed E-state index contributed by atoms with van der Waals surface area (Å²) in [5.74, 6) is -0.509. The first-order valence-corrected chi connectivity index (χ1v) is 9.83. The van der Waals surface area contributed by atoms with Gasteiger partial charge in [0, 0.05) is 25.7 Å². The van der Waals surface area contributed by atoms with Crippen LogP contribution in [0.15, 0.2) is 63.9 Å². The molecule has 8 heteroatoms. The lowest BCUT2D eigenvalue weighted by molar-refractivity contribution is -0.118. The zero-order valence-corrected chi connectivity index (χ0v) is 15.4. The molecule has 0 fully saturated rings. The molecule has 0 saturated heterocycles. The van der Waals surface area contributed by atoms with Crippen LogP contribution in [-0.4, -0.2) is 36.8 Å². The van der Waals surface area contributed by atoms with Crippen molar-refractivity contribution < 1.29 is 13.2 Å². The van der Waals surface area contributed by atoms with Gasteiger partial charge in [0.15, 0.2) is 4.80 Å². The maximum absolute atomic E-state index is 12.7. The van der Waals surface area contributed by atoms with Gasteiger partial charge in [-0.05, 0) is 22.9 Å². The summed E-state index contributed by atoms with van der Waals surface area (Å²) in [5, 5.41) is 3.60. The van der Waals surface area contributed by atoms with Gasteiger partial charge < -0.3 is 4.57 Å². The van der Waals surface area contributed by atoms with E-state index in [0.717, 1.165) is 15.1 Å². The molecular weight excluding hydrogens is 358 g/mol. The van der Waals surface area contributed by atoms with Gasteiger partial charge in [-0.15, -0.1) is 11.3 Å². The quantitative estimate of drug-likeness (QED) is 0.700. The van der Waals surface area contributed by atoms with Crippen LogP contribution in [-0.2, 0) is 21.9 Å². The molecule has 1 aromatic heterocycles. The zero-order chi connectivity index (χ0) is 18.0. The van der Waals surface area contributed by atoms with E-state index in [2.05, 4.69) is 4.99 Å². The number of likely N-dealkylation sites (N-methyl/N-ethyl adjacent to an activating group) is 1. The summed E-state index contributed by atoms with van der Waals surface area (Å²) in [6, 6.07) is 12.4. The minimum atomic E-state index is -3.77. The first-order chi connectivity index (χ1) is 11.9. The highest BCUT2D eigenvalue weighted by Crippen LogP contribution is 2.21. The average molecular weight is 375 g/mol. The van der Waals surface area contributed by atoms with E-state index in [1.165, 1.54) is 18.4 Å². The number of rotatable bonds is 4. The van der Waals surface area contributed by atoms with E-state index in [1.807, 2.05) is 29.6 Å². The van der Waals surface area contributed by atoms with Crippen molar-refractivity contribution in [1.82, 2.24) is 8.87 Å². The Bertz CT molecular complexity index is 1100. The van der Waals surface area contributed by atoms with E-state index < -0.39 is 15.9 Å². The summed E-state index contributed by atoms with van der Waals surface area (Å²) >= 11 is 1.32. The smallest absolute Gasteiger partial charge is 0.263 e. The normalized spacial score (nSPS) is 12.8. The first kappa shape index (κ1) is 17.5. The number of fused-ring (bicyclic) bond motifs is 1.